The Morgan fingerprint density at radius 1 is 1.25 bits per heavy atom. The molecule has 0 aliphatic carbocycles. The number of aromatic nitrogens is 1. The van der Waals surface area contributed by atoms with E-state index in [2.05, 4.69) is 16.8 Å². The molecule has 1 aromatic carbocycles. The highest BCUT2D eigenvalue weighted by Gasteiger charge is 2.49. The van der Waals surface area contributed by atoms with Crippen molar-refractivity contribution in [2.24, 2.45) is 5.41 Å². The standard InChI is InChI=1S/C22H20F2N2O2/c1-22(2,20(23)24)21(27)26-13-16-10-18(26)17-12-25-11-15(19(17)28-16)9-8-14-6-4-3-5-7-14/h3-7,11-12,16,18,20H,10,13H2,1-2H3/t16-,18-/m0/s1. The zero-order valence-electron chi connectivity index (χ0n) is 15.7. The number of hydrogen-bond donors (Lipinski definition) is 0. The van der Waals surface area contributed by atoms with Crippen molar-refractivity contribution in [2.45, 2.75) is 38.8 Å². The summed E-state index contributed by atoms with van der Waals surface area (Å²) in [5.74, 6) is 6.21. The van der Waals surface area contributed by atoms with Gasteiger partial charge in [0, 0.05) is 29.9 Å². The maximum Gasteiger partial charge on any atom is 0.252 e. The number of halogens is 2. The Balaban J connectivity index is 1.68. The van der Waals surface area contributed by atoms with Crippen molar-refractivity contribution in [3.05, 3.63) is 59.4 Å². The molecule has 1 amide bonds. The molecule has 4 nitrogen and oxygen atoms in total. The Morgan fingerprint density at radius 3 is 2.71 bits per heavy atom. The average Bonchev–Trinajstić information content (AvgIpc) is 3.04. The first kappa shape index (κ1) is 18.4. The molecule has 1 saturated heterocycles. The van der Waals surface area contributed by atoms with Crippen molar-refractivity contribution in [2.75, 3.05) is 6.54 Å². The number of amides is 1. The Kier molecular flexibility index (Phi) is 4.54. The lowest BCUT2D eigenvalue weighted by Gasteiger charge is -2.32. The van der Waals surface area contributed by atoms with E-state index in [1.165, 1.54) is 18.7 Å². The van der Waals surface area contributed by atoms with Gasteiger partial charge in [-0.2, -0.15) is 0 Å². The second-order valence-electron chi connectivity index (χ2n) is 7.69. The van der Waals surface area contributed by atoms with Crippen LogP contribution >= 0.6 is 0 Å². The van der Waals surface area contributed by atoms with Gasteiger partial charge in [0.15, 0.2) is 0 Å². The number of carbonyl (C=O) groups excluding carboxylic acids is 1. The van der Waals surface area contributed by atoms with Crippen LogP contribution in [-0.2, 0) is 4.79 Å². The fourth-order valence-corrected chi connectivity index (χ4v) is 3.62. The minimum absolute atomic E-state index is 0.227. The molecule has 2 bridgehead atoms. The summed E-state index contributed by atoms with van der Waals surface area (Å²) in [5.41, 5.74) is 0.496. The summed E-state index contributed by atoms with van der Waals surface area (Å²) in [6.45, 7) is 2.86. The first-order valence-electron chi connectivity index (χ1n) is 9.18. The van der Waals surface area contributed by atoms with Gasteiger partial charge in [0.2, 0.25) is 5.91 Å². The van der Waals surface area contributed by atoms with Gasteiger partial charge in [0.05, 0.1) is 18.2 Å². The predicted octanol–water partition coefficient (Wildman–Crippen LogP) is 3.81. The van der Waals surface area contributed by atoms with Gasteiger partial charge < -0.3 is 9.64 Å². The van der Waals surface area contributed by atoms with Crippen LogP contribution in [0.3, 0.4) is 0 Å². The highest BCUT2D eigenvalue weighted by atomic mass is 19.3. The number of nitrogens with zero attached hydrogens (tertiary/aromatic N) is 2. The number of fused-ring (bicyclic) bond motifs is 4. The molecule has 0 radical (unpaired) electrons. The molecule has 2 aromatic rings. The van der Waals surface area contributed by atoms with Crippen LogP contribution in [-0.4, -0.2) is 34.9 Å². The van der Waals surface area contributed by atoms with Crippen LogP contribution in [0.5, 0.6) is 5.75 Å². The average molecular weight is 382 g/mol. The van der Waals surface area contributed by atoms with E-state index in [1.54, 1.807) is 12.4 Å². The Bertz CT molecular complexity index is 963. The number of ether oxygens (including phenoxy) is 1. The van der Waals surface area contributed by atoms with Crippen LogP contribution in [0, 0.1) is 17.3 Å². The fourth-order valence-electron chi connectivity index (χ4n) is 3.62. The third-order valence-electron chi connectivity index (χ3n) is 5.30. The van der Waals surface area contributed by atoms with Crippen LogP contribution < -0.4 is 4.74 Å². The predicted molar refractivity (Wildman–Crippen MR) is 99.9 cm³/mol. The van der Waals surface area contributed by atoms with Crippen LogP contribution in [0.4, 0.5) is 8.78 Å². The van der Waals surface area contributed by atoms with Gasteiger partial charge in [-0.25, -0.2) is 8.78 Å². The zero-order chi connectivity index (χ0) is 19.9. The summed E-state index contributed by atoms with van der Waals surface area (Å²) in [5, 5.41) is 0. The van der Waals surface area contributed by atoms with E-state index in [4.69, 9.17) is 4.74 Å². The minimum Gasteiger partial charge on any atom is -0.487 e. The smallest absolute Gasteiger partial charge is 0.252 e. The van der Waals surface area contributed by atoms with Gasteiger partial charge in [-0.1, -0.05) is 30.0 Å². The molecular formula is C22H20F2N2O2. The molecule has 144 valence electrons. The van der Waals surface area contributed by atoms with Gasteiger partial charge in [-0.3, -0.25) is 9.78 Å². The van der Waals surface area contributed by atoms with Crippen LogP contribution in [0.15, 0.2) is 42.7 Å². The molecule has 1 fully saturated rings. The van der Waals surface area contributed by atoms with Gasteiger partial charge in [-0.15, -0.1) is 0 Å². The molecule has 6 heteroatoms. The molecule has 2 aliphatic rings. The lowest BCUT2D eigenvalue weighted by atomic mass is 9.91. The summed E-state index contributed by atoms with van der Waals surface area (Å²) in [6, 6.07) is 9.25. The second kappa shape index (κ2) is 6.90. The molecule has 0 saturated carbocycles. The number of pyridine rings is 1. The van der Waals surface area contributed by atoms with Crippen molar-refractivity contribution >= 4 is 5.91 Å². The molecule has 28 heavy (non-hydrogen) atoms. The lowest BCUT2D eigenvalue weighted by Crippen LogP contribution is -2.44. The van der Waals surface area contributed by atoms with Crippen molar-refractivity contribution < 1.29 is 18.3 Å². The van der Waals surface area contributed by atoms with E-state index >= 15 is 0 Å². The first-order valence-corrected chi connectivity index (χ1v) is 9.18. The minimum atomic E-state index is -2.73. The number of likely N-dealkylation sites (tertiary alicyclic amines) is 1. The maximum absolute atomic E-state index is 13.4. The molecule has 2 atom stereocenters. The lowest BCUT2D eigenvalue weighted by molar-refractivity contribution is -0.149. The van der Waals surface area contributed by atoms with Gasteiger partial charge >= 0.3 is 0 Å². The van der Waals surface area contributed by atoms with E-state index in [9.17, 15) is 13.6 Å². The number of carbonyl (C=O) groups is 1. The van der Waals surface area contributed by atoms with Gasteiger partial charge in [0.25, 0.3) is 6.43 Å². The largest absolute Gasteiger partial charge is 0.487 e. The summed E-state index contributed by atoms with van der Waals surface area (Å²) in [6.07, 6.45) is 0.895. The van der Waals surface area contributed by atoms with Crippen LogP contribution in [0.1, 0.15) is 43.0 Å². The molecule has 3 heterocycles. The van der Waals surface area contributed by atoms with E-state index in [1.807, 2.05) is 30.3 Å². The Hall–Kier alpha value is -2.94. The number of rotatable bonds is 2. The first-order chi connectivity index (χ1) is 13.4. The molecule has 0 spiro atoms. The van der Waals surface area contributed by atoms with E-state index < -0.39 is 17.7 Å². The summed E-state index contributed by atoms with van der Waals surface area (Å²) >= 11 is 0. The SMILES string of the molecule is CC(C)(C(=O)N1C[C@@H]2C[C@H]1c1cncc(C#Cc3ccccc3)c1O2)C(F)F. The normalized spacial score (nSPS) is 20.2. The maximum atomic E-state index is 13.4. The van der Waals surface area contributed by atoms with Crippen LogP contribution in [0.2, 0.25) is 0 Å². The number of benzene rings is 1. The summed E-state index contributed by atoms with van der Waals surface area (Å²) in [7, 11) is 0. The van der Waals surface area contributed by atoms with Crippen molar-refractivity contribution in [3.63, 3.8) is 0 Å². The number of alkyl halides is 2. The Morgan fingerprint density at radius 2 is 2.00 bits per heavy atom. The number of hydrogen-bond acceptors (Lipinski definition) is 3. The fraction of sp³-hybridized carbons (Fsp3) is 0.364. The molecule has 0 N–H and O–H groups in total. The topological polar surface area (TPSA) is 42.4 Å². The molecule has 4 rings (SSSR count). The summed E-state index contributed by atoms with van der Waals surface area (Å²) in [4.78, 5) is 18.6. The van der Waals surface area contributed by atoms with E-state index in [0.717, 1.165) is 11.1 Å². The van der Waals surface area contributed by atoms with Crippen molar-refractivity contribution in [1.29, 1.82) is 0 Å². The third kappa shape index (κ3) is 3.11. The van der Waals surface area contributed by atoms with E-state index in [-0.39, 0.29) is 12.1 Å². The summed E-state index contributed by atoms with van der Waals surface area (Å²) < 4.78 is 32.8. The van der Waals surface area contributed by atoms with Crippen molar-refractivity contribution in [3.8, 4) is 17.6 Å². The monoisotopic (exact) mass is 382 g/mol. The highest BCUT2D eigenvalue weighted by molar-refractivity contribution is 5.83. The zero-order valence-corrected chi connectivity index (χ0v) is 15.7. The Labute approximate surface area is 162 Å². The second-order valence-corrected chi connectivity index (χ2v) is 7.69. The van der Waals surface area contributed by atoms with Gasteiger partial charge in [-0.05, 0) is 26.0 Å². The molecular weight excluding hydrogens is 362 g/mol. The molecule has 0 unspecified atom stereocenters. The highest BCUT2D eigenvalue weighted by Crippen LogP contribution is 2.46. The molecule has 1 aromatic heterocycles. The van der Waals surface area contributed by atoms with Crippen molar-refractivity contribution in [1.82, 2.24) is 9.88 Å². The van der Waals surface area contributed by atoms with E-state index in [0.29, 0.717) is 24.3 Å². The third-order valence-corrected chi connectivity index (χ3v) is 5.30. The quantitative estimate of drug-likeness (QED) is 0.742. The molecule has 2 aliphatic heterocycles. The van der Waals surface area contributed by atoms with Gasteiger partial charge in [0.1, 0.15) is 17.3 Å². The van der Waals surface area contributed by atoms with Crippen LogP contribution in [0.25, 0.3) is 0 Å².